The number of nitrogens with zero attached hydrogens (tertiary/aromatic N) is 3. The van der Waals surface area contributed by atoms with Gasteiger partial charge in [0.1, 0.15) is 28.9 Å². The first kappa shape index (κ1) is 21.4. The van der Waals surface area contributed by atoms with E-state index in [1.54, 1.807) is 42.5 Å². The van der Waals surface area contributed by atoms with Gasteiger partial charge in [-0.3, -0.25) is 15.0 Å². The number of carbonyl (C=O) groups excluding carboxylic acids is 1. The third-order valence-electron chi connectivity index (χ3n) is 5.17. The summed E-state index contributed by atoms with van der Waals surface area (Å²) >= 11 is 1.02. The number of nitrogens with one attached hydrogen (secondary N) is 2. The lowest BCUT2D eigenvalue weighted by Crippen LogP contribution is -2.33. The highest BCUT2D eigenvalue weighted by atomic mass is 32.1. The Balaban J connectivity index is 1.33. The summed E-state index contributed by atoms with van der Waals surface area (Å²) in [5.41, 5.74) is 9.28. The van der Waals surface area contributed by atoms with Gasteiger partial charge in [0.15, 0.2) is 0 Å². The molecule has 32 heavy (non-hydrogen) atoms. The van der Waals surface area contributed by atoms with E-state index < -0.39 is 18.0 Å². The predicted octanol–water partition coefficient (Wildman–Crippen LogP) is 1.84. The van der Waals surface area contributed by atoms with Crippen LogP contribution >= 0.6 is 11.7 Å². The summed E-state index contributed by atoms with van der Waals surface area (Å²) < 4.78 is 8.32. The van der Waals surface area contributed by atoms with E-state index in [-0.39, 0.29) is 24.7 Å². The fraction of sp³-hybridized carbons (Fsp3) is 0.238. The second-order valence-corrected chi connectivity index (χ2v) is 7.87. The minimum absolute atomic E-state index is 0.0161. The Morgan fingerprint density at radius 3 is 2.75 bits per heavy atom. The number of hydrogen-bond acceptors (Lipinski definition) is 8. The Labute approximate surface area is 186 Å². The first-order chi connectivity index (χ1) is 15.4. The number of hydrogen-bond donors (Lipinski definition) is 4. The van der Waals surface area contributed by atoms with Gasteiger partial charge >= 0.3 is 5.97 Å². The van der Waals surface area contributed by atoms with Gasteiger partial charge in [-0.1, -0.05) is 41.6 Å². The van der Waals surface area contributed by atoms with Crippen molar-refractivity contribution in [2.45, 2.75) is 24.9 Å². The van der Waals surface area contributed by atoms with Crippen LogP contribution in [0.3, 0.4) is 0 Å². The van der Waals surface area contributed by atoms with Crippen LogP contribution in [0.25, 0.3) is 11.0 Å². The van der Waals surface area contributed by atoms with E-state index >= 15 is 0 Å². The minimum Gasteiger partial charge on any atom is -0.481 e. The van der Waals surface area contributed by atoms with E-state index in [2.05, 4.69) is 19.2 Å². The highest BCUT2D eigenvalue weighted by molar-refractivity contribution is 7.00. The standard InChI is InChI=1S/C21H20N6O4S/c22-20(23)12-6-4-11(5-7-12)17-8-13(31-25-17)9-18(28)24-10-15(21(29)30)14-2-1-3-16-19(14)27-32-26-16/h1-7,13,15H,8-10H2,(H3,22,23)(H,24,28)(H,29,30)/t13?,15-/m1/s1. The maximum Gasteiger partial charge on any atom is 0.312 e. The van der Waals surface area contributed by atoms with E-state index in [1.807, 2.05) is 0 Å². The molecule has 5 N–H and O–H groups in total. The number of fused-ring (bicyclic) bond motifs is 1. The van der Waals surface area contributed by atoms with Gasteiger partial charge in [-0.15, -0.1) is 0 Å². The number of carboxylic acids is 1. The number of nitrogen functional groups attached to an aromatic ring is 1. The summed E-state index contributed by atoms with van der Waals surface area (Å²) in [6, 6.07) is 12.2. The van der Waals surface area contributed by atoms with Crippen LogP contribution in [-0.2, 0) is 14.4 Å². The van der Waals surface area contributed by atoms with Gasteiger partial charge in [-0.2, -0.15) is 8.75 Å². The largest absolute Gasteiger partial charge is 0.481 e. The van der Waals surface area contributed by atoms with Crippen LogP contribution in [0.2, 0.25) is 0 Å². The molecular weight excluding hydrogens is 432 g/mol. The Hall–Kier alpha value is -3.86. The van der Waals surface area contributed by atoms with Crippen LogP contribution in [0, 0.1) is 5.41 Å². The van der Waals surface area contributed by atoms with E-state index in [1.165, 1.54) is 0 Å². The summed E-state index contributed by atoms with van der Waals surface area (Å²) in [6.45, 7) is -0.0717. The smallest absolute Gasteiger partial charge is 0.312 e. The molecule has 4 rings (SSSR count). The number of carbonyl (C=O) groups is 2. The lowest BCUT2D eigenvalue weighted by Gasteiger charge is -2.15. The molecule has 1 aromatic heterocycles. The maximum absolute atomic E-state index is 12.4. The monoisotopic (exact) mass is 452 g/mol. The number of carboxylic acid groups (broad SMARTS) is 1. The molecule has 2 aromatic carbocycles. The van der Waals surface area contributed by atoms with Gasteiger partial charge in [-0.05, 0) is 17.2 Å². The van der Waals surface area contributed by atoms with E-state index in [4.69, 9.17) is 16.0 Å². The quantitative estimate of drug-likeness (QED) is 0.299. The SMILES string of the molecule is N=C(N)c1ccc(C2=NOC(CC(=O)NC[C@@H](C(=O)O)c3cccc4nsnc34)C2)cc1. The number of benzene rings is 2. The lowest BCUT2D eigenvalue weighted by molar-refractivity contribution is -0.138. The average Bonchev–Trinajstić information content (AvgIpc) is 3.43. The zero-order chi connectivity index (χ0) is 22.7. The van der Waals surface area contributed by atoms with Crippen molar-refractivity contribution in [1.82, 2.24) is 14.1 Å². The van der Waals surface area contributed by atoms with E-state index in [9.17, 15) is 14.7 Å². The molecule has 0 saturated heterocycles. The van der Waals surface area contributed by atoms with Crippen LogP contribution in [0.1, 0.15) is 35.4 Å². The molecule has 1 unspecified atom stereocenters. The van der Waals surface area contributed by atoms with Crippen molar-refractivity contribution in [3.63, 3.8) is 0 Å². The van der Waals surface area contributed by atoms with Gasteiger partial charge in [0.25, 0.3) is 0 Å². The van der Waals surface area contributed by atoms with Gasteiger partial charge in [0, 0.05) is 18.5 Å². The van der Waals surface area contributed by atoms with Gasteiger partial charge in [-0.25, -0.2) is 0 Å². The maximum atomic E-state index is 12.4. The van der Waals surface area contributed by atoms with Crippen LogP contribution in [0.15, 0.2) is 47.6 Å². The molecule has 10 nitrogen and oxygen atoms in total. The summed E-state index contributed by atoms with van der Waals surface area (Å²) in [7, 11) is 0. The summed E-state index contributed by atoms with van der Waals surface area (Å²) in [4.78, 5) is 29.6. The summed E-state index contributed by atoms with van der Waals surface area (Å²) in [5, 5.41) is 23.9. The third-order valence-corrected chi connectivity index (χ3v) is 5.71. The van der Waals surface area contributed by atoms with E-state index in [0.29, 0.717) is 34.3 Å². The Morgan fingerprint density at radius 2 is 2.03 bits per heavy atom. The first-order valence-electron chi connectivity index (χ1n) is 9.80. The molecule has 164 valence electrons. The fourth-order valence-corrected chi connectivity index (χ4v) is 4.04. The highest BCUT2D eigenvalue weighted by Gasteiger charge is 2.27. The number of amidine groups is 1. The number of rotatable bonds is 8. The zero-order valence-electron chi connectivity index (χ0n) is 16.8. The normalized spacial score (nSPS) is 16.2. The average molecular weight is 452 g/mol. The van der Waals surface area contributed by atoms with E-state index in [0.717, 1.165) is 17.3 Å². The van der Waals surface area contributed by atoms with Gasteiger partial charge in [0.2, 0.25) is 5.91 Å². The van der Waals surface area contributed by atoms with Crippen molar-refractivity contribution in [3.8, 4) is 0 Å². The molecule has 1 aliphatic heterocycles. The predicted molar refractivity (Wildman–Crippen MR) is 119 cm³/mol. The topological polar surface area (TPSA) is 164 Å². The van der Waals surface area contributed by atoms with Crippen LogP contribution in [0.5, 0.6) is 0 Å². The number of aromatic nitrogens is 2. The first-order valence-corrected chi connectivity index (χ1v) is 10.5. The zero-order valence-corrected chi connectivity index (χ0v) is 17.6. The number of nitrogens with two attached hydrogens (primary N) is 1. The highest BCUT2D eigenvalue weighted by Crippen LogP contribution is 2.25. The number of amides is 1. The Kier molecular flexibility index (Phi) is 6.08. The number of aliphatic carboxylic acids is 1. The van der Waals surface area contributed by atoms with Crippen molar-refractivity contribution in [1.29, 1.82) is 5.41 Å². The van der Waals surface area contributed by atoms with Crippen molar-refractivity contribution >= 4 is 46.2 Å². The molecule has 1 aliphatic rings. The molecule has 0 saturated carbocycles. The summed E-state index contributed by atoms with van der Waals surface area (Å²) in [5.74, 6) is -2.34. The molecule has 0 aliphatic carbocycles. The number of oxime groups is 1. The lowest BCUT2D eigenvalue weighted by atomic mass is 9.97. The molecule has 0 bridgehead atoms. The van der Waals surface area contributed by atoms with Gasteiger partial charge in [0.05, 0.1) is 23.9 Å². The van der Waals surface area contributed by atoms with Crippen molar-refractivity contribution in [2.75, 3.05) is 6.54 Å². The molecule has 1 amide bonds. The second-order valence-electron chi connectivity index (χ2n) is 7.34. The molecule has 0 radical (unpaired) electrons. The molecular formula is C21H20N6O4S. The van der Waals surface area contributed by atoms with Crippen molar-refractivity contribution in [3.05, 3.63) is 59.2 Å². The molecule has 2 heterocycles. The van der Waals surface area contributed by atoms with Crippen LogP contribution < -0.4 is 11.1 Å². The minimum atomic E-state index is -1.05. The molecule has 0 fully saturated rings. The van der Waals surface area contributed by atoms with Crippen molar-refractivity contribution in [2.24, 2.45) is 10.9 Å². The van der Waals surface area contributed by atoms with Crippen LogP contribution in [0.4, 0.5) is 0 Å². The van der Waals surface area contributed by atoms with Gasteiger partial charge < -0.3 is 21.0 Å². The molecule has 2 atom stereocenters. The molecule has 3 aromatic rings. The Bertz CT molecular complexity index is 1210. The fourth-order valence-electron chi connectivity index (χ4n) is 3.48. The second kappa shape index (κ2) is 9.10. The summed E-state index contributed by atoms with van der Waals surface area (Å²) in [6.07, 6.45) is 0.0544. The van der Waals surface area contributed by atoms with Crippen molar-refractivity contribution < 1.29 is 19.5 Å². The third kappa shape index (κ3) is 4.57. The van der Waals surface area contributed by atoms with Crippen LogP contribution in [-0.4, -0.2) is 49.9 Å². The molecule has 0 spiro atoms. The molecule has 11 heteroatoms. The Morgan fingerprint density at radius 1 is 1.25 bits per heavy atom.